The van der Waals surface area contributed by atoms with E-state index in [0.29, 0.717) is 5.76 Å². The second-order valence-corrected chi connectivity index (χ2v) is 5.69. The minimum absolute atomic E-state index is 0.0363. The van der Waals surface area contributed by atoms with E-state index in [-0.39, 0.29) is 17.0 Å². The average molecular weight is 378 g/mol. The highest BCUT2D eigenvalue weighted by molar-refractivity contribution is 6.02. The lowest BCUT2D eigenvalue weighted by Crippen LogP contribution is -2.27. The smallest absolute Gasteiger partial charge is 0.352 e. The highest BCUT2D eigenvalue weighted by atomic mass is 16.6. The van der Waals surface area contributed by atoms with Gasteiger partial charge in [0.1, 0.15) is 17.2 Å². The van der Waals surface area contributed by atoms with Crippen LogP contribution in [0.5, 0.6) is 0 Å². The normalized spacial score (nSPS) is 11.1. The monoisotopic (exact) mass is 378 g/mol. The summed E-state index contributed by atoms with van der Waals surface area (Å²) in [5.74, 6) is -1.39. The fraction of sp³-hybridized carbons (Fsp3) is 0. The number of benzene rings is 2. The van der Waals surface area contributed by atoms with Gasteiger partial charge >= 0.3 is 5.97 Å². The van der Waals surface area contributed by atoms with Gasteiger partial charge in [-0.15, -0.1) is 0 Å². The molecule has 3 aromatic rings. The van der Waals surface area contributed by atoms with Crippen molar-refractivity contribution in [3.63, 3.8) is 0 Å². The maximum absolute atomic E-state index is 12.3. The molecular weight excluding hydrogens is 364 g/mol. The Kier molecular flexibility index (Phi) is 5.31. The van der Waals surface area contributed by atoms with E-state index in [4.69, 9.17) is 4.42 Å². The van der Waals surface area contributed by atoms with Crippen LogP contribution < -0.4 is 5.32 Å². The lowest BCUT2D eigenvalue weighted by Gasteiger charge is -2.05. The number of carboxylic acids is 1. The molecule has 1 aromatic heterocycles. The molecule has 0 spiro atoms. The maximum atomic E-state index is 12.3. The number of aliphatic carboxylic acids is 1. The second kappa shape index (κ2) is 8.00. The minimum atomic E-state index is -1.38. The fourth-order valence-corrected chi connectivity index (χ4v) is 2.44. The summed E-state index contributed by atoms with van der Waals surface area (Å²) in [7, 11) is 0. The van der Waals surface area contributed by atoms with Gasteiger partial charge in [0.25, 0.3) is 11.6 Å². The highest BCUT2D eigenvalue weighted by Crippen LogP contribution is 2.23. The molecule has 0 aliphatic carbocycles. The van der Waals surface area contributed by atoms with Gasteiger partial charge in [0, 0.05) is 29.3 Å². The molecule has 0 aliphatic rings. The average Bonchev–Trinajstić information content (AvgIpc) is 3.16. The van der Waals surface area contributed by atoms with Gasteiger partial charge in [0.15, 0.2) is 0 Å². The van der Waals surface area contributed by atoms with E-state index in [2.05, 4.69) is 5.32 Å². The van der Waals surface area contributed by atoms with Crippen LogP contribution in [0.1, 0.15) is 16.1 Å². The Bertz CT molecular complexity index is 1070. The Morgan fingerprint density at radius 1 is 1.04 bits per heavy atom. The standard InChI is InChI=1S/C20H14N2O6/c23-19(14-7-4-8-15(11-14)22(26)27)21-17(20(24)25)12-16-9-10-18(28-16)13-5-2-1-3-6-13/h1-12H,(H,21,23)(H,24,25)/b17-12+. The Morgan fingerprint density at radius 3 is 2.46 bits per heavy atom. The molecule has 0 unspecified atom stereocenters. The van der Waals surface area contributed by atoms with E-state index in [0.717, 1.165) is 11.6 Å². The van der Waals surface area contributed by atoms with Crippen LogP contribution in [0.4, 0.5) is 5.69 Å². The van der Waals surface area contributed by atoms with Gasteiger partial charge in [-0.1, -0.05) is 36.4 Å². The summed E-state index contributed by atoms with van der Waals surface area (Å²) >= 11 is 0. The van der Waals surface area contributed by atoms with Crippen LogP contribution in [0, 0.1) is 10.1 Å². The van der Waals surface area contributed by atoms with Crippen LogP contribution in [0.15, 0.2) is 76.8 Å². The number of non-ortho nitro benzene ring substituents is 1. The van der Waals surface area contributed by atoms with Gasteiger partial charge in [-0.3, -0.25) is 14.9 Å². The van der Waals surface area contributed by atoms with Crippen molar-refractivity contribution in [2.24, 2.45) is 0 Å². The van der Waals surface area contributed by atoms with Crippen molar-refractivity contribution in [2.75, 3.05) is 0 Å². The van der Waals surface area contributed by atoms with Crippen LogP contribution in [0.25, 0.3) is 17.4 Å². The fourth-order valence-electron chi connectivity index (χ4n) is 2.44. The Hall–Kier alpha value is -4.20. The number of carbonyl (C=O) groups excluding carboxylic acids is 1. The molecule has 2 N–H and O–H groups in total. The van der Waals surface area contributed by atoms with Crippen LogP contribution in [0.3, 0.4) is 0 Å². The zero-order valence-electron chi connectivity index (χ0n) is 14.4. The van der Waals surface area contributed by atoms with Crippen molar-refractivity contribution in [3.8, 4) is 11.3 Å². The highest BCUT2D eigenvalue weighted by Gasteiger charge is 2.16. The van der Waals surface area contributed by atoms with Crippen LogP contribution in [0.2, 0.25) is 0 Å². The quantitative estimate of drug-likeness (QED) is 0.383. The number of nitrogens with zero attached hydrogens (tertiary/aromatic N) is 1. The topological polar surface area (TPSA) is 123 Å². The van der Waals surface area contributed by atoms with Crippen molar-refractivity contribution in [2.45, 2.75) is 0 Å². The zero-order chi connectivity index (χ0) is 20.1. The number of hydrogen-bond acceptors (Lipinski definition) is 5. The number of nitro benzene ring substituents is 1. The summed E-state index contributed by atoms with van der Waals surface area (Å²) in [5, 5.41) is 22.4. The molecule has 1 heterocycles. The largest absolute Gasteiger partial charge is 0.477 e. The molecule has 3 rings (SSSR count). The van der Waals surface area contributed by atoms with Crippen LogP contribution in [-0.4, -0.2) is 21.9 Å². The number of furan rings is 1. The van der Waals surface area contributed by atoms with E-state index in [9.17, 15) is 24.8 Å². The number of nitrogens with one attached hydrogen (secondary N) is 1. The van der Waals surface area contributed by atoms with E-state index in [1.165, 1.54) is 24.3 Å². The molecule has 0 saturated heterocycles. The van der Waals surface area contributed by atoms with Gasteiger partial charge in [-0.05, 0) is 18.2 Å². The van der Waals surface area contributed by atoms with Crippen LogP contribution >= 0.6 is 0 Å². The van der Waals surface area contributed by atoms with Crippen molar-refractivity contribution in [1.29, 1.82) is 0 Å². The molecule has 2 aromatic carbocycles. The molecule has 8 heteroatoms. The van der Waals surface area contributed by atoms with E-state index < -0.39 is 22.5 Å². The summed E-state index contributed by atoms with van der Waals surface area (Å²) in [4.78, 5) is 34.0. The summed E-state index contributed by atoms with van der Waals surface area (Å²) in [6.07, 6.45) is 1.17. The van der Waals surface area contributed by atoms with Crippen molar-refractivity contribution < 1.29 is 24.0 Å². The lowest BCUT2D eigenvalue weighted by molar-refractivity contribution is -0.384. The third-order valence-electron chi connectivity index (χ3n) is 3.77. The van der Waals surface area contributed by atoms with Gasteiger partial charge < -0.3 is 14.8 Å². The third-order valence-corrected chi connectivity index (χ3v) is 3.77. The molecule has 1 amide bonds. The summed E-state index contributed by atoms with van der Waals surface area (Å²) in [6, 6.07) is 17.5. The number of carboxylic acid groups (broad SMARTS) is 1. The lowest BCUT2D eigenvalue weighted by atomic mass is 10.2. The predicted molar refractivity (Wildman–Crippen MR) is 100 cm³/mol. The van der Waals surface area contributed by atoms with Gasteiger partial charge in [-0.2, -0.15) is 0 Å². The first-order valence-electron chi connectivity index (χ1n) is 8.10. The SMILES string of the molecule is O=C(O)/C(=C\c1ccc(-c2ccccc2)o1)NC(=O)c1cccc([N+](=O)[O-])c1. The van der Waals surface area contributed by atoms with E-state index >= 15 is 0 Å². The number of hydrogen-bond donors (Lipinski definition) is 2. The molecule has 0 atom stereocenters. The van der Waals surface area contributed by atoms with Crippen LogP contribution in [-0.2, 0) is 4.79 Å². The molecule has 0 fully saturated rings. The first-order valence-corrected chi connectivity index (χ1v) is 8.10. The summed E-state index contributed by atoms with van der Waals surface area (Å²) in [5.41, 5.74) is 0.0861. The van der Waals surface area contributed by atoms with Crippen molar-refractivity contribution in [3.05, 3.63) is 93.9 Å². The number of carbonyl (C=O) groups is 2. The summed E-state index contributed by atoms with van der Waals surface area (Å²) in [6.45, 7) is 0. The summed E-state index contributed by atoms with van der Waals surface area (Å²) < 4.78 is 5.61. The zero-order valence-corrected chi connectivity index (χ0v) is 14.4. The van der Waals surface area contributed by atoms with Crippen molar-refractivity contribution >= 4 is 23.6 Å². The number of rotatable bonds is 6. The van der Waals surface area contributed by atoms with Gasteiger partial charge in [-0.25, -0.2) is 4.79 Å². The maximum Gasteiger partial charge on any atom is 0.352 e. The molecule has 0 saturated carbocycles. The van der Waals surface area contributed by atoms with Crippen molar-refractivity contribution in [1.82, 2.24) is 5.32 Å². The Balaban J connectivity index is 1.83. The Morgan fingerprint density at radius 2 is 1.79 bits per heavy atom. The first kappa shape index (κ1) is 18.6. The minimum Gasteiger partial charge on any atom is -0.477 e. The number of nitro groups is 1. The first-order chi connectivity index (χ1) is 13.4. The molecule has 28 heavy (non-hydrogen) atoms. The van der Waals surface area contributed by atoms with Gasteiger partial charge in [0.2, 0.25) is 0 Å². The molecule has 0 radical (unpaired) electrons. The molecule has 8 nitrogen and oxygen atoms in total. The molecule has 140 valence electrons. The molecular formula is C20H14N2O6. The number of amides is 1. The third kappa shape index (κ3) is 4.31. The van der Waals surface area contributed by atoms with E-state index in [1.54, 1.807) is 12.1 Å². The molecule has 0 bridgehead atoms. The second-order valence-electron chi connectivity index (χ2n) is 5.69. The Labute approximate surface area is 158 Å². The molecule has 0 aliphatic heterocycles. The van der Waals surface area contributed by atoms with E-state index in [1.807, 2.05) is 30.3 Å². The van der Waals surface area contributed by atoms with Gasteiger partial charge in [0.05, 0.1) is 4.92 Å². The predicted octanol–water partition coefficient (Wildman–Crippen LogP) is 3.71.